The Hall–Kier alpha value is -2.65. The molecule has 0 aliphatic carbocycles. The van der Waals surface area contributed by atoms with Crippen LogP contribution in [0.4, 0.5) is 5.69 Å². The first-order valence-electron chi connectivity index (χ1n) is 5.86. The number of halogens is 1. The van der Waals surface area contributed by atoms with Crippen LogP contribution < -0.4 is 10.5 Å². The zero-order valence-electron chi connectivity index (χ0n) is 11.4. The molecule has 2 N–H and O–H groups in total. The van der Waals surface area contributed by atoms with Crippen molar-refractivity contribution in [3.05, 3.63) is 40.7 Å². The summed E-state index contributed by atoms with van der Waals surface area (Å²) in [6.45, 7) is 0. The Kier molecular flexibility index (Phi) is 4.05. The van der Waals surface area contributed by atoms with Crippen molar-refractivity contribution >= 4 is 23.3 Å². The van der Waals surface area contributed by atoms with E-state index in [-0.39, 0.29) is 16.9 Å². The highest BCUT2D eigenvalue weighted by Gasteiger charge is 2.22. The molecule has 21 heavy (non-hydrogen) atoms. The van der Waals surface area contributed by atoms with Crippen LogP contribution in [0.3, 0.4) is 0 Å². The SMILES string of the molecule is COC(=O)c1c(N)c(C#N)cn1-c1ccc(OC)c(Cl)c1. The molecule has 0 unspecified atom stereocenters. The molecule has 7 heteroatoms. The number of ether oxygens (including phenoxy) is 2. The topological polar surface area (TPSA) is 90.3 Å². The van der Waals surface area contributed by atoms with Gasteiger partial charge in [0.2, 0.25) is 0 Å². The molecule has 1 heterocycles. The maximum absolute atomic E-state index is 11.9. The summed E-state index contributed by atoms with van der Waals surface area (Å²) < 4.78 is 11.2. The molecule has 0 bridgehead atoms. The Balaban J connectivity index is 2.66. The Morgan fingerprint density at radius 2 is 2.14 bits per heavy atom. The van der Waals surface area contributed by atoms with E-state index in [1.807, 2.05) is 6.07 Å². The minimum absolute atomic E-state index is 0.0660. The number of esters is 1. The highest BCUT2D eigenvalue weighted by atomic mass is 35.5. The molecule has 6 nitrogen and oxygen atoms in total. The Bertz CT molecular complexity index is 747. The Labute approximate surface area is 126 Å². The molecule has 0 amide bonds. The Morgan fingerprint density at radius 3 is 2.67 bits per heavy atom. The van der Waals surface area contributed by atoms with Crippen LogP contribution >= 0.6 is 11.6 Å². The van der Waals surface area contributed by atoms with Crippen molar-refractivity contribution in [2.24, 2.45) is 0 Å². The lowest BCUT2D eigenvalue weighted by molar-refractivity contribution is 0.0593. The van der Waals surface area contributed by atoms with Crippen LogP contribution in [0.15, 0.2) is 24.4 Å². The molecule has 0 aliphatic rings. The fraction of sp³-hybridized carbons (Fsp3) is 0.143. The molecule has 0 fully saturated rings. The largest absolute Gasteiger partial charge is 0.495 e. The number of hydrogen-bond acceptors (Lipinski definition) is 5. The fourth-order valence-corrected chi connectivity index (χ4v) is 2.18. The number of hydrogen-bond donors (Lipinski definition) is 1. The first-order valence-corrected chi connectivity index (χ1v) is 6.24. The maximum Gasteiger partial charge on any atom is 0.357 e. The third-order valence-corrected chi connectivity index (χ3v) is 3.25. The van der Waals surface area contributed by atoms with Gasteiger partial charge in [-0.1, -0.05) is 11.6 Å². The summed E-state index contributed by atoms with van der Waals surface area (Å²) in [5.74, 6) is -0.137. The quantitative estimate of drug-likeness (QED) is 0.879. The first-order chi connectivity index (χ1) is 10.0. The molecular weight excluding hydrogens is 294 g/mol. The van der Waals surface area contributed by atoms with E-state index >= 15 is 0 Å². The van der Waals surface area contributed by atoms with Crippen molar-refractivity contribution < 1.29 is 14.3 Å². The lowest BCUT2D eigenvalue weighted by Crippen LogP contribution is -2.11. The highest BCUT2D eigenvalue weighted by Crippen LogP contribution is 2.30. The summed E-state index contributed by atoms with van der Waals surface area (Å²) in [6, 6.07) is 6.88. The number of benzene rings is 1. The number of nitrogen functional groups attached to an aromatic ring is 1. The van der Waals surface area contributed by atoms with Gasteiger partial charge >= 0.3 is 5.97 Å². The second-order valence-electron chi connectivity index (χ2n) is 4.10. The molecular formula is C14H12ClN3O3. The molecule has 0 spiro atoms. The number of rotatable bonds is 3. The van der Waals surface area contributed by atoms with Crippen LogP contribution in [-0.2, 0) is 4.74 Å². The van der Waals surface area contributed by atoms with E-state index in [1.165, 1.54) is 25.0 Å². The van der Waals surface area contributed by atoms with Crippen molar-refractivity contribution in [3.63, 3.8) is 0 Å². The van der Waals surface area contributed by atoms with Crippen molar-refractivity contribution in [1.82, 2.24) is 4.57 Å². The molecule has 0 saturated carbocycles. The fourth-order valence-electron chi connectivity index (χ4n) is 1.92. The normalized spacial score (nSPS) is 10.0. The number of nitrogens with two attached hydrogens (primary N) is 1. The highest BCUT2D eigenvalue weighted by molar-refractivity contribution is 6.32. The van der Waals surface area contributed by atoms with Gasteiger partial charge in [-0.3, -0.25) is 0 Å². The number of anilines is 1. The van der Waals surface area contributed by atoms with E-state index < -0.39 is 5.97 Å². The van der Waals surface area contributed by atoms with Crippen molar-refractivity contribution in [2.45, 2.75) is 0 Å². The van der Waals surface area contributed by atoms with Crippen LogP contribution in [0.1, 0.15) is 16.1 Å². The second kappa shape index (κ2) is 5.77. The summed E-state index contributed by atoms with van der Waals surface area (Å²) in [6.07, 6.45) is 1.46. The number of aromatic nitrogens is 1. The Morgan fingerprint density at radius 1 is 1.43 bits per heavy atom. The van der Waals surface area contributed by atoms with E-state index in [0.717, 1.165) is 0 Å². The minimum atomic E-state index is -0.638. The van der Waals surface area contributed by atoms with E-state index in [1.54, 1.807) is 18.2 Å². The van der Waals surface area contributed by atoms with Gasteiger partial charge in [0.1, 0.15) is 11.8 Å². The molecule has 2 aromatic rings. The molecule has 2 rings (SSSR count). The molecule has 1 aromatic carbocycles. The van der Waals surface area contributed by atoms with Gasteiger partial charge in [-0.2, -0.15) is 5.26 Å². The van der Waals surface area contributed by atoms with Crippen LogP contribution in [0.5, 0.6) is 5.75 Å². The predicted octanol–water partition coefficient (Wildman–Crippen LogP) is 2.38. The van der Waals surface area contributed by atoms with E-state index in [2.05, 4.69) is 0 Å². The first kappa shape index (κ1) is 14.8. The van der Waals surface area contributed by atoms with Crippen molar-refractivity contribution in [1.29, 1.82) is 5.26 Å². The lowest BCUT2D eigenvalue weighted by atomic mass is 10.2. The smallest absolute Gasteiger partial charge is 0.357 e. The number of carbonyl (C=O) groups is 1. The molecule has 0 aliphatic heterocycles. The number of methoxy groups -OCH3 is 2. The van der Waals surface area contributed by atoms with Gasteiger partial charge in [-0.05, 0) is 18.2 Å². The second-order valence-corrected chi connectivity index (χ2v) is 4.50. The van der Waals surface area contributed by atoms with Gasteiger partial charge in [0, 0.05) is 11.9 Å². The number of nitriles is 1. The van der Waals surface area contributed by atoms with E-state index in [9.17, 15) is 4.79 Å². The summed E-state index contributed by atoms with van der Waals surface area (Å²) in [7, 11) is 2.74. The standard InChI is InChI=1S/C14H12ClN3O3/c1-20-11-4-3-9(5-10(11)15)18-7-8(6-16)12(17)13(18)14(19)21-2/h3-5,7H,17H2,1-2H3. The number of carbonyl (C=O) groups excluding carboxylic acids is 1. The monoisotopic (exact) mass is 305 g/mol. The molecule has 0 radical (unpaired) electrons. The zero-order chi connectivity index (χ0) is 15.6. The summed E-state index contributed by atoms with van der Waals surface area (Å²) in [4.78, 5) is 11.9. The van der Waals surface area contributed by atoms with E-state index in [0.29, 0.717) is 16.5 Å². The van der Waals surface area contributed by atoms with Gasteiger partial charge in [-0.25, -0.2) is 4.79 Å². The minimum Gasteiger partial charge on any atom is -0.495 e. The summed E-state index contributed by atoms with van der Waals surface area (Å²) >= 11 is 6.07. The predicted molar refractivity (Wildman–Crippen MR) is 77.8 cm³/mol. The van der Waals surface area contributed by atoms with Crippen LogP contribution in [0.2, 0.25) is 5.02 Å². The molecule has 0 atom stereocenters. The van der Waals surface area contributed by atoms with Gasteiger partial charge in [0.25, 0.3) is 0 Å². The molecule has 0 saturated heterocycles. The van der Waals surface area contributed by atoms with Crippen LogP contribution in [0, 0.1) is 11.3 Å². The van der Waals surface area contributed by atoms with Gasteiger partial charge < -0.3 is 19.8 Å². The zero-order valence-corrected chi connectivity index (χ0v) is 12.1. The number of nitrogens with zero attached hydrogens (tertiary/aromatic N) is 2. The molecule has 108 valence electrons. The van der Waals surface area contributed by atoms with Crippen LogP contribution in [-0.4, -0.2) is 24.8 Å². The third kappa shape index (κ3) is 2.51. The van der Waals surface area contributed by atoms with Gasteiger partial charge in [0.05, 0.1) is 30.5 Å². The van der Waals surface area contributed by atoms with Gasteiger partial charge in [-0.15, -0.1) is 0 Å². The summed E-state index contributed by atoms with van der Waals surface area (Å²) in [5.41, 5.74) is 6.71. The third-order valence-electron chi connectivity index (χ3n) is 2.96. The van der Waals surface area contributed by atoms with E-state index in [4.69, 9.17) is 32.1 Å². The average Bonchev–Trinajstić information content (AvgIpc) is 2.83. The van der Waals surface area contributed by atoms with Crippen LogP contribution in [0.25, 0.3) is 5.69 Å². The summed E-state index contributed by atoms with van der Waals surface area (Å²) in [5, 5.41) is 9.42. The van der Waals surface area contributed by atoms with Gasteiger partial charge in [0.15, 0.2) is 5.69 Å². The van der Waals surface area contributed by atoms with Crippen molar-refractivity contribution in [3.8, 4) is 17.5 Å². The lowest BCUT2D eigenvalue weighted by Gasteiger charge is -2.10. The molecule has 1 aromatic heterocycles. The van der Waals surface area contributed by atoms with Crippen molar-refractivity contribution in [2.75, 3.05) is 20.0 Å². The average molecular weight is 306 g/mol. The maximum atomic E-state index is 11.9.